The molecule has 2 heteroatoms. The van der Waals surface area contributed by atoms with Crippen LogP contribution >= 0.6 is 0 Å². The normalized spacial score (nSPS) is 18.8. The first-order valence-electron chi connectivity index (χ1n) is 8.06. The lowest BCUT2D eigenvalue weighted by molar-refractivity contribution is -0.141. The molecule has 0 radical (unpaired) electrons. The Kier molecular flexibility index (Phi) is 7.65. The monoisotopic (exact) mass is 300 g/mol. The Labute approximate surface area is 134 Å². The zero-order valence-corrected chi connectivity index (χ0v) is 14.3. The van der Waals surface area contributed by atoms with Gasteiger partial charge in [-0.15, -0.1) is 0 Å². The number of ether oxygens (including phenoxy) is 1. The minimum absolute atomic E-state index is 0.144. The Morgan fingerprint density at radius 1 is 1.32 bits per heavy atom. The van der Waals surface area contributed by atoms with Crippen LogP contribution in [0.2, 0.25) is 0 Å². The fourth-order valence-electron chi connectivity index (χ4n) is 3.01. The van der Waals surface area contributed by atoms with Gasteiger partial charge >= 0.3 is 5.97 Å². The van der Waals surface area contributed by atoms with Crippen LogP contribution in [0.25, 0.3) is 0 Å². The topological polar surface area (TPSA) is 26.3 Å². The number of hydrogen-bond donors (Lipinski definition) is 0. The van der Waals surface area contributed by atoms with Crippen molar-refractivity contribution in [1.82, 2.24) is 0 Å². The number of rotatable bonds is 8. The summed E-state index contributed by atoms with van der Waals surface area (Å²) in [5, 5.41) is 0. The maximum absolute atomic E-state index is 11.2. The molecule has 2 nitrogen and oxygen atoms in total. The van der Waals surface area contributed by atoms with Crippen LogP contribution in [0.15, 0.2) is 59.3 Å². The minimum atomic E-state index is -0.227. The van der Waals surface area contributed by atoms with Crippen LogP contribution in [-0.4, -0.2) is 12.6 Å². The number of carbonyl (C=O) groups is 1. The minimum Gasteiger partial charge on any atom is -0.465 e. The van der Waals surface area contributed by atoms with Crippen molar-refractivity contribution in [3.8, 4) is 0 Å². The maximum atomic E-state index is 11.2. The van der Waals surface area contributed by atoms with E-state index in [4.69, 9.17) is 4.74 Å². The average Bonchev–Trinajstić information content (AvgIpc) is 2.76. The molecule has 0 aliphatic heterocycles. The fraction of sp³-hybridized carbons (Fsp3) is 0.450. The Morgan fingerprint density at radius 2 is 2.05 bits per heavy atom. The molecule has 0 aromatic rings. The second-order valence-corrected chi connectivity index (χ2v) is 5.46. The van der Waals surface area contributed by atoms with E-state index in [1.54, 1.807) is 0 Å². The third-order valence-corrected chi connectivity index (χ3v) is 3.90. The Bertz CT molecular complexity index is 530. The first kappa shape index (κ1) is 18.2. The highest BCUT2D eigenvalue weighted by Crippen LogP contribution is 2.42. The molecule has 0 bridgehead atoms. The molecule has 1 atom stereocenters. The molecule has 0 N–H and O–H groups in total. The van der Waals surface area contributed by atoms with E-state index in [9.17, 15) is 4.79 Å². The van der Waals surface area contributed by atoms with E-state index in [-0.39, 0.29) is 11.9 Å². The molecule has 1 unspecified atom stereocenters. The summed E-state index contributed by atoms with van der Waals surface area (Å²) in [5.74, 6) is -0.0832. The third-order valence-electron chi connectivity index (χ3n) is 3.90. The van der Waals surface area contributed by atoms with E-state index in [0.29, 0.717) is 6.61 Å². The third kappa shape index (κ3) is 4.33. The number of carbonyl (C=O) groups excluding carboxylic acids is 1. The van der Waals surface area contributed by atoms with Crippen molar-refractivity contribution in [2.45, 2.75) is 47.0 Å². The second-order valence-electron chi connectivity index (χ2n) is 5.46. The lowest BCUT2D eigenvalue weighted by Gasteiger charge is -2.17. The highest BCUT2D eigenvalue weighted by molar-refractivity contribution is 5.66. The number of allylic oxidation sites excluding steroid dienone is 7. The SMILES string of the molecule is C=CC1=C(/C=C\C)C(COC(C)=O)C(C/C=C\C)=C1CCC. The molecule has 1 aliphatic rings. The highest BCUT2D eigenvalue weighted by atomic mass is 16.5. The van der Waals surface area contributed by atoms with Crippen LogP contribution in [-0.2, 0) is 9.53 Å². The van der Waals surface area contributed by atoms with Gasteiger partial charge in [0.15, 0.2) is 0 Å². The van der Waals surface area contributed by atoms with Gasteiger partial charge in [0.25, 0.3) is 0 Å². The summed E-state index contributed by atoms with van der Waals surface area (Å²) < 4.78 is 5.33. The van der Waals surface area contributed by atoms with Gasteiger partial charge in [-0.3, -0.25) is 4.79 Å². The summed E-state index contributed by atoms with van der Waals surface area (Å²) in [5.41, 5.74) is 5.18. The Balaban J connectivity index is 3.30. The number of esters is 1. The van der Waals surface area contributed by atoms with E-state index in [1.807, 2.05) is 26.0 Å². The molecule has 0 heterocycles. The van der Waals surface area contributed by atoms with E-state index in [2.05, 4.69) is 31.7 Å². The molecule has 120 valence electrons. The molecule has 0 amide bonds. The first-order chi connectivity index (χ1) is 10.6. The lowest BCUT2D eigenvalue weighted by atomic mass is 9.92. The van der Waals surface area contributed by atoms with Gasteiger partial charge in [0, 0.05) is 12.8 Å². The van der Waals surface area contributed by atoms with Crippen molar-refractivity contribution >= 4 is 5.97 Å². The molecular weight excluding hydrogens is 272 g/mol. The molecule has 1 aliphatic carbocycles. The summed E-state index contributed by atoms with van der Waals surface area (Å²) in [6.07, 6.45) is 13.4. The van der Waals surface area contributed by atoms with Crippen LogP contribution in [0, 0.1) is 5.92 Å². The summed E-state index contributed by atoms with van der Waals surface area (Å²) >= 11 is 0. The lowest BCUT2D eigenvalue weighted by Crippen LogP contribution is -2.14. The van der Waals surface area contributed by atoms with Gasteiger partial charge in [0.05, 0.1) is 0 Å². The van der Waals surface area contributed by atoms with Crippen LogP contribution in [0.5, 0.6) is 0 Å². The van der Waals surface area contributed by atoms with Gasteiger partial charge in [0.1, 0.15) is 6.61 Å². The predicted molar refractivity (Wildman–Crippen MR) is 93.5 cm³/mol. The summed E-state index contributed by atoms with van der Waals surface area (Å²) in [6, 6.07) is 0. The standard InChI is InChI=1S/C20H28O2/c1-6-10-13-19-17(11-7-2)16(9-4)18(12-8-3)20(19)14-22-15(5)21/h6,8-10,12,20H,4,7,11,13-14H2,1-3,5H3/b10-6-,12-8-. The van der Waals surface area contributed by atoms with Crippen molar-refractivity contribution in [3.63, 3.8) is 0 Å². The van der Waals surface area contributed by atoms with Crippen molar-refractivity contribution in [2.75, 3.05) is 6.61 Å². The summed E-state index contributed by atoms with van der Waals surface area (Å²) in [7, 11) is 0. The van der Waals surface area contributed by atoms with Gasteiger partial charge in [-0.25, -0.2) is 0 Å². The molecule has 0 spiro atoms. The van der Waals surface area contributed by atoms with Gasteiger partial charge < -0.3 is 4.74 Å². The van der Waals surface area contributed by atoms with Crippen molar-refractivity contribution < 1.29 is 9.53 Å². The zero-order chi connectivity index (χ0) is 16.5. The second kappa shape index (κ2) is 9.24. The molecule has 0 aromatic heterocycles. The van der Waals surface area contributed by atoms with Crippen LogP contribution in [0.3, 0.4) is 0 Å². The predicted octanol–water partition coefficient (Wildman–Crippen LogP) is 5.30. The molecule has 0 aromatic carbocycles. The summed E-state index contributed by atoms with van der Waals surface area (Å²) in [4.78, 5) is 11.2. The quantitative estimate of drug-likeness (QED) is 0.449. The van der Waals surface area contributed by atoms with Crippen molar-refractivity contribution in [1.29, 1.82) is 0 Å². The average molecular weight is 300 g/mol. The van der Waals surface area contributed by atoms with Gasteiger partial charge in [-0.2, -0.15) is 0 Å². The Hall–Kier alpha value is -1.83. The fourth-order valence-corrected chi connectivity index (χ4v) is 3.01. The van der Waals surface area contributed by atoms with E-state index < -0.39 is 0 Å². The smallest absolute Gasteiger partial charge is 0.302 e. The number of hydrogen-bond acceptors (Lipinski definition) is 2. The van der Waals surface area contributed by atoms with Crippen molar-refractivity contribution in [2.24, 2.45) is 5.92 Å². The molecule has 22 heavy (non-hydrogen) atoms. The van der Waals surface area contributed by atoms with E-state index in [1.165, 1.54) is 29.2 Å². The molecule has 0 fully saturated rings. The molecule has 1 rings (SSSR count). The molecule has 0 saturated heterocycles. The summed E-state index contributed by atoms with van der Waals surface area (Å²) in [6.45, 7) is 12.1. The van der Waals surface area contributed by atoms with Gasteiger partial charge in [0.2, 0.25) is 0 Å². The molecule has 0 saturated carbocycles. The maximum Gasteiger partial charge on any atom is 0.302 e. The van der Waals surface area contributed by atoms with Crippen LogP contribution in [0.1, 0.15) is 47.0 Å². The van der Waals surface area contributed by atoms with E-state index in [0.717, 1.165) is 19.3 Å². The van der Waals surface area contributed by atoms with Crippen molar-refractivity contribution in [3.05, 3.63) is 59.3 Å². The molecular formula is C20H28O2. The largest absolute Gasteiger partial charge is 0.465 e. The van der Waals surface area contributed by atoms with Crippen LogP contribution in [0.4, 0.5) is 0 Å². The highest BCUT2D eigenvalue weighted by Gasteiger charge is 2.30. The van der Waals surface area contributed by atoms with E-state index >= 15 is 0 Å². The zero-order valence-electron chi connectivity index (χ0n) is 14.3. The van der Waals surface area contributed by atoms with Crippen LogP contribution < -0.4 is 0 Å². The van der Waals surface area contributed by atoms with Gasteiger partial charge in [-0.1, -0.05) is 55.9 Å². The van der Waals surface area contributed by atoms with Gasteiger partial charge in [-0.05, 0) is 43.4 Å². The Morgan fingerprint density at radius 3 is 2.55 bits per heavy atom. The first-order valence-corrected chi connectivity index (χ1v) is 8.06.